The van der Waals surface area contributed by atoms with Gasteiger partial charge in [-0.05, 0) is 30.0 Å². The number of rotatable bonds is 8. The van der Waals surface area contributed by atoms with Gasteiger partial charge in [0.1, 0.15) is 5.75 Å². The van der Waals surface area contributed by atoms with Gasteiger partial charge in [0.2, 0.25) is 0 Å². The summed E-state index contributed by atoms with van der Waals surface area (Å²) in [5.41, 5.74) is 1.23. The SMILES string of the molecule is O=C(O)C(CCOc1cccc2ccccc12)CN1CCN(c2ccccc2)CC1. The van der Waals surface area contributed by atoms with Crippen LogP contribution in [-0.2, 0) is 4.79 Å². The van der Waals surface area contributed by atoms with Crippen molar-refractivity contribution in [1.82, 2.24) is 4.90 Å². The number of para-hydroxylation sites is 1. The van der Waals surface area contributed by atoms with Gasteiger partial charge < -0.3 is 14.7 Å². The number of fused-ring (bicyclic) bond motifs is 1. The molecule has 30 heavy (non-hydrogen) atoms. The van der Waals surface area contributed by atoms with Crippen molar-refractivity contribution in [2.45, 2.75) is 6.42 Å². The molecule has 3 aromatic rings. The van der Waals surface area contributed by atoms with E-state index < -0.39 is 11.9 Å². The number of carbonyl (C=O) groups is 1. The molecule has 5 nitrogen and oxygen atoms in total. The lowest BCUT2D eigenvalue weighted by Crippen LogP contribution is -2.48. The van der Waals surface area contributed by atoms with Crippen molar-refractivity contribution >= 4 is 22.4 Å². The Morgan fingerprint density at radius 3 is 2.37 bits per heavy atom. The molecular weight excluding hydrogens is 376 g/mol. The summed E-state index contributed by atoms with van der Waals surface area (Å²) in [6.45, 7) is 4.56. The molecule has 156 valence electrons. The second-order valence-corrected chi connectivity index (χ2v) is 7.77. The Kier molecular flexibility index (Phi) is 6.50. The normalized spacial score (nSPS) is 15.8. The Morgan fingerprint density at radius 1 is 0.900 bits per heavy atom. The van der Waals surface area contributed by atoms with Crippen LogP contribution in [-0.4, -0.2) is 55.3 Å². The van der Waals surface area contributed by atoms with Gasteiger partial charge in [-0.25, -0.2) is 0 Å². The minimum Gasteiger partial charge on any atom is -0.493 e. The highest BCUT2D eigenvalue weighted by Gasteiger charge is 2.24. The summed E-state index contributed by atoms with van der Waals surface area (Å²) in [5, 5.41) is 11.9. The number of piperazine rings is 1. The van der Waals surface area contributed by atoms with Gasteiger partial charge in [-0.1, -0.05) is 54.6 Å². The summed E-state index contributed by atoms with van der Waals surface area (Å²) in [6.07, 6.45) is 0.497. The summed E-state index contributed by atoms with van der Waals surface area (Å²) < 4.78 is 5.97. The number of carboxylic acids is 1. The maximum Gasteiger partial charge on any atom is 0.307 e. The molecule has 4 rings (SSSR count). The van der Waals surface area contributed by atoms with Crippen molar-refractivity contribution in [3.8, 4) is 5.75 Å². The fraction of sp³-hybridized carbons (Fsp3) is 0.320. The van der Waals surface area contributed by atoms with Crippen molar-refractivity contribution in [3.63, 3.8) is 0 Å². The number of ether oxygens (including phenoxy) is 1. The van der Waals surface area contributed by atoms with Crippen molar-refractivity contribution in [1.29, 1.82) is 0 Å². The molecule has 0 saturated carbocycles. The third-order valence-corrected chi connectivity index (χ3v) is 5.79. The minimum atomic E-state index is -0.748. The molecule has 1 aliphatic rings. The van der Waals surface area contributed by atoms with E-state index >= 15 is 0 Å². The van der Waals surface area contributed by atoms with Gasteiger partial charge in [0.25, 0.3) is 0 Å². The molecule has 5 heteroatoms. The van der Waals surface area contributed by atoms with Crippen LogP contribution in [0.2, 0.25) is 0 Å². The van der Waals surface area contributed by atoms with Crippen LogP contribution < -0.4 is 9.64 Å². The molecular formula is C25H28N2O3. The summed E-state index contributed by atoms with van der Waals surface area (Å²) in [5.74, 6) is -0.362. The molecule has 1 fully saturated rings. The van der Waals surface area contributed by atoms with E-state index in [2.05, 4.69) is 46.2 Å². The minimum absolute atomic E-state index is 0.398. The van der Waals surface area contributed by atoms with E-state index in [4.69, 9.17) is 4.74 Å². The van der Waals surface area contributed by atoms with E-state index in [0.29, 0.717) is 19.6 Å². The Morgan fingerprint density at radius 2 is 1.60 bits per heavy atom. The van der Waals surface area contributed by atoms with Gasteiger partial charge in [0.15, 0.2) is 0 Å². The third-order valence-electron chi connectivity index (χ3n) is 5.79. The lowest BCUT2D eigenvalue weighted by molar-refractivity contribution is -0.143. The first-order valence-corrected chi connectivity index (χ1v) is 10.6. The van der Waals surface area contributed by atoms with Crippen molar-refractivity contribution in [2.75, 3.05) is 44.2 Å². The molecule has 1 heterocycles. The molecule has 1 saturated heterocycles. The Labute approximate surface area is 177 Å². The van der Waals surface area contributed by atoms with Gasteiger partial charge in [-0.15, -0.1) is 0 Å². The molecule has 0 spiro atoms. The van der Waals surface area contributed by atoms with Gasteiger partial charge in [0, 0.05) is 43.8 Å². The molecule has 1 N–H and O–H groups in total. The van der Waals surface area contributed by atoms with Gasteiger partial charge in [-0.3, -0.25) is 9.69 Å². The van der Waals surface area contributed by atoms with E-state index in [-0.39, 0.29) is 0 Å². The lowest BCUT2D eigenvalue weighted by atomic mass is 10.0. The fourth-order valence-corrected chi connectivity index (χ4v) is 4.06. The molecule has 1 unspecified atom stereocenters. The predicted octanol–water partition coefficient (Wildman–Crippen LogP) is 4.13. The van der Waals surface area contributed by atoms with Crippen LogP contribution in [0.3, 0.4) is 0 Å². The molecule has 1 aliphatic heterocycles. The van der Waals surface area contributed by atoms with E-state index in [1.165, 1.54) is 5.69 Å². The quantitative estimate of drug-likeness (QED) is 0.612. The van der Waals surface area contributed by atoms with E-state index in [0.717, 1.165) is 42.7 Å². The van der Waals surface area contributed by atoms with Crippen molar-refractivity contribution in [2.24, 2.45) is 5.92 Å². The summed E-state index contributed by atoms with van der Waals surface area (Å²) in [6, 6.07) is 24.4. The van der Waals surface area contributed by atoms with Crippen LogP contribution in [0.1, 0.15) is 6.42 Å². The van der Waals surface area contributed by atoms with E-state index in [9.17, 15) is 9.90 Å². The summed E-state index contributed by atoms with van der Waals surface area (Å²) in [4.78, 5) is 16.4. The first kappa shape index (κ1) is 20.2. The number of nitrogens with zero attached hydrogens (tertiary/aromatic N) is 2. The van der Waals surface area contributed by atoms with E-state index in [1.54, 1.807) is 0 Å². The smallest absolute Gasteiger partial charge is 0.307 e. The highest BCUT2D eigenvalue weighted by Crippen LogP contribution is 2.25. The maximum atomic E-state index is 11.8. The monoisotopic (exact) mass is 404 g/mol. The number of hydrogen-bond donors (Lipinski definition) is 1. The zero-order valence-corrected chi connectivity index (χ0v) is 17.1. The van der Waals surface area contributed by atoms with Crippen molar-refractivity contribution < 1.29 is 14.6 Å². The highest BCUT2D eigenvalue weighted by molar-refractivity contribution is 5.88. The third kappa shape index (κ3) is 4.92. The van der Waals surface area contributed by atoms with Gasteiger partial charge in [0.05, 0.1) is 12.5 Å². The lowest BCUT2D eigenvalue weighted by Gasteiger charge is -2.37. The standard InChI is InChI=1S/C25H28N2O3/c28-25(29)21(13-18-30-24-12-6-8-20-7-4-5-11-23(20)24)19-26-14-16-27(17-15-26)22-9-2-1-3-10-22/h1-12,21H,13-19H2,(H,28,29). The highest BCUT2D eigenvalue weighted by atomic mass is 16.5. The maximum absolute atomic E-state index is 11.8. The second-order valence-electron chi connectivity index (χ2n) is 7.77. The van der Waals surface area contributed by atoms with Crippen LogP contribution in [0.15, 0.2) is 72.8 Å². The molecule has 3 aromatic carbocycles. The first-order chi connectivity index (χ1) is 14.7. The number of carboxylic acid groups (broad SMARTS) is 1. The van der Waals surface area contributed by atoms with Crippen LogP contribution in [0.5, 0.6) is 5.75 Å². The Hall–Kier alpha value is -3.05. The average molecular weight is 405 g/mol. The van der Waals surface area contributed by atoms with Crippen molar-refractivity contribution in [3.05, 3.63) is 72.8 Å². The molecule has 1 atom stereocenters. The molecule has 0 amide bonds. The predicted molar refractivity (Wildman–Crippen MR) is 120 cm³/mol. The topological polar surface area (TPSA) is 53.0 Å². The number of hydrogen-bond acceptors (Lipinski definition) is 4. The first-order valence-electron chi connectivity index (χ1n) is 10.6. The van der Waals surface area contributed by atoms with Gasteiger partial charge >= 0.3 is 5.97 Å². The number of anilines is 1. The largest absolute Gasteiger partial charge is 0.493 e. The van der Waals surface area contributed by atoms with Gasteiger partial charge in [-0.2, -0.15) is 0 Å². The molecule has 0 radical (unpaired) electrons. The molecule has 0 bridgehead atoms. The van der Waals surface area contributed by atoms with Crippen LogP contribution >= 0.6 is 0 Å². The summed E-state index contributed by atoms with van der Waals surface area (Å²) >= 11 is 0. The second kappa shape index (κ2) is 9.63. The van der Waals surface area contributed by atoms with E-state index in [1.807, 2.05) is 36.4 Å². The number of benzene rings is 3. The van der Waals surface area contributed by atoms with Crippen LogP contribution in [0.4, 0.5) is 5.69 Å². The Balaban J connectivity index is 1.29. The Bertz CT molecular complexity index is 963. The number of aliphatic carboxylic acids is 1. The fourth-order valence-electron chi connectivity index (χ4n) is 4.06. The summed E-state index contributed by atoms with van der Waals surface area (Å²) in [7, 11) is 0. The zero-order valence-electron chi connectivity index (χ0n) is 17.1. The average Bonchev–Trinajstić information content (AvgIpc) is 2.79. The zero-order chi connectivity index (χ0) is 20.8. The molecule has 0 aliphatic carbocycles. The molecule has 0 aromatic heterocycles. The van der Waals surface area contributed by atoms with Crippen LogP contribution in [0.25, 0.3) is 10.8 Å². The van der Waals surface area contributed by atoms with Crippen LogP contribution in [0, 0.1) is 5.92 Å².